The Balaban J connectivity index is 1.21. The first kappa shape index (κ1) is 25.0. The quantitative estimate of drug-likeness (QED) is 0.469. The van der Waals surface area contributed by atoms with E-state index in [1.165, 1.54) is 17.3 Å². The third-order valence-corrected chi connectivity index (χ3v) is 7.21. The van der Waals surface area contributed by atoms with Crippen molar-refractivity contribution in [3.05, 3.63) is 76.6 Å². The molecule has 1 aromatic heterocycles. The number of aromatic nitrogens is 2. The molecule has 35 heavy (non-hydrogen) atoms. The molecule has 3 aromatic rings. The summed E-state index contributed by atoms with van der Waals surface area (Å²) in [4.78, 5) is 37.3. The molecule has 2 amide bonds. The average molecular weight is 492 g/mol. The van der Waals surface area contributed by atoms with Crippen molar-refractivity contribution in [2.75, 3.05) is 43.8 Å². The lowest BCUT2D eigenvalue weighted by Crippen LogP contribution is -2.50. The van der Waals surface area contributed by atoms with Crippen LogP contribution in [-0.2, 0) is 16.0 Å². The van der Waals surface area contributed by atoms with Crippen molar-refractivity contribution in [1.29, 1.82) is 0 Å². The van der Waals surface area contributed by atoms with Gasteiger partial charge in [-0.25, -0.2) is 4.98 Å². The predicted octanol–water partition coefficient (Wildman–Crippen LogP) is 3.80. The molecule has 2 heterocycles. The van der Waals surface area contributed by atoms with E-state index in [1.807, 2.05) is 62.1 Å². The maximum atomic E-state index is 12.8. The zero-order valence-corrected chi connectivity index (χ0v) is 21.5. The van der Waals surface area contributed by atoms with Crippen molar-refractivity contribution in [1.82, 2.24) is 19.8 Å². The number of hydrogen-bond acceptors (Lipinski definition) is 5. The topological polar surface area (TPSA) is 81.3 Å². The van der Waals surface area contributed by atoms with Crippen LogP contribution in [-0.4, -0.2) is 70.1 Å². The van der Waals surface area contributed by atoms with Gasteiger partial charge in [0, 0.05) is 44.0 Å². The van der Waals surface area contributed by atoms with E-state index < -0.39 is 0 Å². The van der Waals surface area contributed by atoms with Gasteiger partial charge in [-0.3, -0.25) is 14.5 Å². The number of rotatable bonds is 8. The van der Waals surface area contributed by atoms with Gasteiger partial charge in [0.2, 0.25) is 11.8 Å². The van der Waals surface area contributed by atoms with E-state index in [2.05, 4.69) is 27.3 Å². The van der Waals surface area contributed by atoms with Crippen LogP contribution in [0.25, 0.3) is 0 Å². The van der Waals surface area contributed by atoms with E-state index in [9.17, 15) is 9.59 Å². The summed E-state index contributed by atoms with van der Waals surface area (Å²) in [7, 11) is 0. The van der Waals surface area contributed by atoms with Crippen molar-refractivity contribution in [3.63, 3.8) is 0 Å². The smallest absolute Gasteiger partial charge is 0.238 e. The molecule has 0 atom stereocenters. The molecule has 0 unspecified atom stereocenters. The maximum Gasteiger partial charge on any atom is 0.238 e. The van der Waals surface area contributed by atoms with Crippen LogP contribution in [0.1, 0.15) is 28.1 Å². The summed E-state index contributed by atoms with van der Waals surface area (Å²) in [6.07, 6.45) is 0.774. The minimum Gasteiger partial charge on any atom is -0.339 e. The Morgan fingerprint density at radius 2 is 1.66 bits per heavy atom. The predicted molar refractivity (Wildman–Crippen MR) is 141 cm³/mol. The molecule has 1 saturated heterocycles. The second-order valence-electron chi connectivity index (χ2n) is 9.04. The van der Waals surface area contributed by atoms with Crippen molar-refractivity contribution < 1.29 is 9.59 Å². The minimum absolute atomic E-state index is 0.0165. The second-order valence-corrected chi connectivity index (χ2v) is 10.0. The van der Waals surface area contributed by atoms with Crippen LogP contribution in [0.2, 0.25) is 0 Å². The second kappa shape index (κ2) is 11.6. The van der Waals surface area contributed by atoms with Gasteiger partial charge in [0.05, 0.1) is 18.0 Å². The summed E-state index contributed by atoms with van der Waals surface area (Å²) in [6.45, 7) is 9.00. The number of para-hydroxylation sites is 1. The van der Waals surface area contributed by atoms with Crippen LogP contribution < -0.4 is 5.32 Å². The van der Waals surface area contributed by atoms with Gasteiger partial charge in [0.25, 0.3) is 0 Å². The monoisotopic (exact) mass is 491 g/mol. The Hall–Kier alpha value is -3.10. The first-order valence-corrected chi connectivity index (χ1v) is 13.0. The highest BCUT2D eigenvalue weighted by molar-refractivity contribution is 7.99. The molecule has 2 aromatic carbocycles. The van der Waals surface area contributed by atoms with Crippen LogP contribution >= 0.6 is 11.8 Å². The fraction of sp³-hybridized carbons (Fsp3) is 0.370. The van der Waals surface area contributed by atoms with E-state index in [-0.39, 0.29) is 11.8 Å². The van der Waals surface area contributed by atoms with Crippen LogP contribution in [0.4, 0.5) is 5.69 Å². The number of benzene rings is 2. The third-order valence-electron chi connectivity index (χ3n) is 6.35. The van der Waals surface area contributed by atoms with Gasteiger partial charge in [0.15, 0.2) is 5.16 Å². The van der Waals surface area contributed by atoms with E-state index >= 15 is 0 Å². The summed E-state index contributed by atoms with van der Waals surface area (Å²) in [5, 5.41) is 3.83. The Kier molecular flexibility index (Phi) is 8.25. The fourth-order valence-corrected chi connectivity index (χ4v) is 5.11. The number of aromatic amines is 1. The molecule has 0 spiro atoms. The lowest BCUT2D eigenvalue weighted by Gasteiger charge is -2.34. The lowest BCUT2D eigenvalue weighted by atomic mass is 10.1. The van der Waals surface area contributed by atoms with Crippen molar-refractivity contribution in [2.45, 2.75) is 32.3 Å². The van der Waals surface area contributed by atoms with Crippen LogP contribution in [0.15, 0.2) is 53.7 Å². The number of nitrogens with zero attached hydrogens (tertiary/aromatic N) is 3. The normalized spacial score (nSPS) is 14.2. The number of carbonyl (C=O) groups is 2. The Morgan fingerprint density at radius 3 is 2.34 bits per heavy atom. The molecule has 4 rings (SSSR count). The van der Waals surface area contributed by atoms with E-state index in [4.69, 9.17) is 4.98 Å². The standard InChI is InChI=1S/C27H33N5O2S/c1-19-8-7-9-20(2)26(19)30-24(33)17-31-12-14-32(15-13-31)25(34)18-35-27-28-21(3)23(29-27)16-22-10-5-4-6-11-22/h4-11H,12-18H2,1-3H3,(H,28,29)(H,30,33). The van der Waals surface area contributed by atoms with Gasteiger partial charge in [-0.15, -0.1) is 0 Å². The minimum atomic E-state index is -0.0165. The number of nitrogens with one attached hydrogen (secondary N) is 2. The Labute approximate surface area is 211 Å². The van der Waals surface area contributed by atoms with E-state index in [1.54, 1.807) is 0 Å². The lowest BCUT2D eigenvalue weighted by molar-refractivity contribution is -0.130. The molecule has 184 valence electrons. The molecule has 7 nitrogen and oxygen atoms in total. The Morgan fingerprint density at radius 1 is 0.971 bits per heavy atom. The number of aryl methyl sites for hydroxylation is 3. The molecule has 0 aliphatic carbocycles. The summed E-state index contributed by atoms with van der Waals surface area (Å²) in [5.41, 5.74) is 6.28. The van der Waals surface area contributed by atoms with Crippen LogP contribution in [0, 0.1) is 20.8 Å². The van der Waals surface area contributed by atoms with E-state index in [0.29, 0.717) is 38.5 Å². The number of thioether (sulfide) groups is 1. The number of amides is 2. The average Bonchev–Trinajstić information content (AvgIpc) is 3.20. The number of piperazine rings is 1. The highest BCUT2D eigenvalue weighted by atomic mass is 32.2. The highest BCUT2D eigenvalue weighted by Crippen LogP contribution is 2.21. The summed E-state index contributed by atoms with van der Waals surface area (Å²) in [6, 6.07) is 16.2. The maximum absolute atomic E-state index is 12.8. The SMILES string of the molecule is Cc1cccc(C)c1NC(=O)CN1CCN(C(=O)CSc2nc(Cc3ccccc3)c(C)[nH]2)CC1. The molecular formula is C27H33N5O2S. The third kappa shape index (κ3) is 6.74. The summed E-state index contributed by atoms with van der Waals surface area (Å²) in [5.74, 6) is 0.440. The van der Waals surface area contributed by atoms with Crippen LogP contribution in [0.5, 0.6) is 0 Å². The molecule has 8 heteroatoms. The molecule has 2 N–H and O–H groups in total. The number of carbonyl (C=O) groups excluding carboxylic acids is 2. The van der Waals surface area contributed by atoms with E-state index in [0.717, 1.165) is 39.8 Å². The Bertz CT molecular complexity index is 1150. The van der Waals surface area contributed by atoms with Gasteiger partial charge >= 0.3 is 0 Å². The number of H-pyrrole nitrogens is 1. The summed E-state index contributed by atoms with van der Waals surface area (Å²) < 4.78 is 0. The van der Waals surface area contributed by atoms with Crippen molar-refractivity contribution in [2.24, 2.45) is 0 Å². The van der Waals surface area contributed by atoms with Gasteiger partial charge in [0.1, 0.15) is 0 Å². The zero-order valence-electron chi connectivity index (χ0n) is 20.6. The number of anilines is 1. The number of imidazole rings is 1. The van der Waals surface area contributed by atoms with Crippen molar-refractivity contribution in [3.8, 4) is 0 Å². The van der Waals surface area contributed by atoms with Crippen LogP contribution in [0.3, 0.4) is 0 Å². The van der Waals surface area contributed by atoms with Gasteiger partial charge in [-0.2, -0.15) is 0 Å². The molecule has 1 aliphatic heterocycles. The molecule has 1 fully saturated rings. The summed E-state index contributed by atoms with van der Waals surface area (Å²) >= 11 is 1.45. The fourth-order valence-electron chi connectivity index (χ4n) is 4.27. The van der Waals surface area contributed by atoms with Crippen molar-refractivity contribution >= 4 is 29.3 Å². The van der Waals surface area contributed by atoms with Gasteiger partial charge in [-0.1, -0.05) is 60.3 Å². The molecule has 0 bridgehead atoms. The first-order chi connectivity index (χ1) is 16.9. The largest absolute Gasteiger partial charge is 0.339 e. The number of hydrogen-bond donors (Lipinski definition) is 2. The van der Waals surface area contributed by atoms with Gasteiger partial charge < -0.3 is 15.2 Å². The molecule has 1 aliphatic rings. The zero-order chi connectivity index (χ0) is 24.8. The highest BCUT2D eigenvalue weighted by Gasteiger charge is 2.23. The first-order valence-electron chi connectivity index (χ1n) is 12.0. The van der Waals surface area contributed by atoms with Gasteiger partial charge in [-0.05, 0) is 37.5 Å². The molecular weight excluding hydrogens is 458 g/mol. The molecule has 0 saturated carbocycles. The molecule has 0 radical (unpaired) electrons.